The molecule has 1 aliphatic heterocycles. The number of hydrogen-bond donors (Lipinski definition) is 2. The number of sulfonamides is 1. The number of carbonyl (C=O) groups is 1. The van der Waals surface area contributed by atoms with E-state index in [1.165, 1.54) is 23.2 Å². The average Bonchev–Trinajstić information content (AvgIpc) is 2.98. The quantitative estimate of drug-likeness (QED) is 0.738. The van der Waals surface area contributed by atoms with Crippen molar-refractivity contribution in [1.29, 1.82) is 0 Å². The predicted octanol–water partition coefficient (Wildman–Crippen LogP) is 1.00. The van der Waals surface area contributed by atoms with Gasteiger partial charge in [-0.3, -0.25) is 10.2 Å². The van der Waals surface area contributed by atoms with Gasteiger partial charge in [-0.15, -0.1) is 0 Å². The monoisotopic (exact) mass is 361 g/mol. The Bertz CT molecular complexity index is 673. The third kappa shape index (κ3) is 4.89. The molecule has 1 atom stereocenters. The maximum atomic E-state index is 12.4. The van der Waals surface area contributed by atoms with Crippen molar-refractivity contribution in [3.05, 3.63) is 28.8 Å². The van der Waals surface area contributed by atoms with E-state index in [-0.39, 0.29) is 28.1 Å². The Balaban J connectivity index is 2.17. The van der Waals surface area contributed by atoms with Crippen LogP contribution in [-0.4, -0.2) is 52.7 Å². The van der Waals surface area contributed by atoms with Crippen LogP contribution in [0.25, 0.3) is 0 Å². The highest BCUT2D eigenvalue weighted by Crippen LogP contribution is 2.23. The van der Waals surface area contributed by atoms with Crippen LogP contribution in [0.2, 0.25) is 5.02 Å². The number of hydrogen-bond acceptors (Lipinski definition) is 5. The first kappa shape index (κ1) is 18.2. The Morgan fingerprint density at radius 3 is 2.78 bits per heavy atom. The molecule has 23 heavy (non-hydrogen) atoms. The van der Waals surface area contributed by atoms with Crippen LogP contribution >= 0.6 is 11.6 Å². The first-order chi connectivity index (χ1) is 10.8. The van der Waals surface area contributed by atoms with Crippen molar-refractivity contribution in [3.8, 4) is 0 Å². The van der Waals surface area contributed by atoms with E-state index >= 15 is 0 Å². The van der Waals surface area contributed by atoms with Gasteiger partial charge in [-0.2, -0.15) is 0 Å². The Hall–Kier alpha value is -1.19. The highest BCUT2D eigenvalue weighted by atomic mass is 35.5. The molecule has 0 aliphatic carbocycles. The van der Waals surface area contributed by atoms with Crippen LogP contribution in [0.1, 0.15) is 23.2 Å². The molecule has 9 heteroatoms. The van der Waals surface area contributed by atoms with E-state index < -0.39 is 15.9 Å². The molecule has 1 aliphatic rings. The highest BCUT2D eigenvalue weighted by molar-refractivity contribution is 7.89. The van der Waals surface area contributed by atoms with Crippen LogP contribution in [0.5, 0.6) is 0 Å². The summed E-state index contributed by atoms with van der Waals surface area (Å²) in [6.07, 6.45) is 1.62. The van der Waals surface area contributed by atoms with Crippen molar-refractivity contribution in [2.24, 2.45) is 0 Å². The smallest absolute Gasteiger partial charge is 0.265 e. The molecule has 0 aromatic heterocycles. The van der Waals surface area contributed by atoms with E-state index in [1.807, 2.05) is 0 Å². The van der Waals surface area contributed by atoms with E-state index in [9.17, 15) is 13.2 Å². The van der Waals surface area contributed by atoms with E-state index in [4.69, 9.17) is 16.3 Å². The highest BCUT2D eigenvalue weighted by Gasteiger charge is 2.23. The lowest BCUT2D eigenvalue weighted by molar-refractivity contribution is 0.0856. The fraction of sp³-hybridized carbons (Fsp3) is 0.500. The van der Waals surface area contributed by atoms with E-state index in [2.05, 4.69) is 10.1 Å². The standard InChI is InChI=1S/C14H20ClN3O4S/c1-18(2)17-14(19)10-5-6-12(15)13(8-10)23(20,21)16-9-11-4-3-7-22-11/h5-6,8,11,16H,3-4,7,9H2,1-2H3,(H,17,19)/t11-/m1/s1. The molecule has 1 aromatic carbocycles. The lowest BCUT2D eigenvalue weighted by Gasteiger charge is -2.14. The first-order valence-corrected chi connectivity index (χ1v) is 9.05. The van der Waals surface area contributed by atoms with Gasteiger partial charge in [-0.1, -0.05) is 11.6 Å². The Morgan fingerprint density at radius 2 is 2.17 bits per heavy atom. The molecule has 1 amide bonds. The van der Waals surface area contributed by atoms with Gasteiger partial charge in [-0.05, 0) is 31.0 Å². The second kappa shape index (κ2) is 7.59. The zero-order valence-corrected chi connectivity index (χ0v) is 14.6. The van der Waals surface area contributed by atoms with Crippen molar-refractivity contribution >= 4 is 27.5 Å². The van der Waals surface area contributed by atoms with Gasteiger partial charge >= 0.3 is 0 Å². The van der Waals surface area contributed by atoms with Crippen LogP contribution in [0, 0.1) is 0 Å². The molecule has 1 saturated heterocycles. The third-order valence-electron chi connectivity index (χ3n) is 3.33. The average molecular weight is 362 g/mol. The van der Waals surface area contributed by atoms with Gasteiger partial charge in [0, 0.05) is 32.8 Å². The van der Waals surface area contributed by atoms with Crippen LogP contribution in [0.4, 0.5) is 0 Å². The van der Waals surface area contributed by atoms with Crippen molar-refractivity contribution in [2.45, 2.75) is 23.8 Å². The van der Waals surface area contributed by atoms with Gasteiger partial charge in [0.2, 0.25) is 10.0 Å². The molecule has 0 radical (unpaired) electrons. The number of hydrazine groups is 1. The molecule has 1 heterocycles. The number of ether oxygens (including phenoxy) is 1. The minimum atomic E-state index is -3.82. The first-order valence-electron chi connectivity index (χ1n) is 7.19. The molecule has 128 valence electrons. The topological polar surface area (TPSA) is 87.7 Å². The summed E-state index contributed by atoms with van der Waals surface area (Å²) in [5.41, 5.74) is 2.76. The summed E-state index contributed by atoms with van der Waals surface area (Å²) in [6, 6.07) is 4.13. The van der Waals surface area contributed by atoms with E-state index in [1.54, 1.807) is 14.1 Å². The fourth-order valence-electron chi connectivity index (χ4n) is 2.20. The summed E-state index contributed by atoms with van der Waals surface area (Å²) in [7, 11) is -0.496. The molecule has 1 aromatic rings. The van der Waals surface area contributed by atoms with Crippen LogP contribution < -0.4 is 10.1 Å². The van der Waals surface area contributed by atoms with Gasteiger partial charge in [0.25, 0.3) is 5.91 Å². The van der Waals surface area contributed by atoms with Crippen molar-refractivity contribution < 1.29 is 17.9 Å². The molecule has 0 spiro atoms. The number of nitrogens with zero attached hydrogens (tertiary/aromatic N) is 1. The number of carbonyl (C=O) groups excluding carboxylic acids is 1. The summed E-state index contributed by atoms with van der Waals surface area (Å²) < 4.78 is 32.7. The van der Waals surface area contributed by atoms with Gasteiger partial charge < -0.3 is 4.74 Å². The summed E-state index contributed by atoms with van der Waals surface area (Å²) in [5, 5.41) is 1.53. The number of benzene rings is 1. The zero-order valence-electron chi connectivity index (χ0n) is 13.0. The van der Waals surface area contributed by atoms with Crippen LogP contribution in [0.3, 0.4) is 0 Å². The van der Waals surface area contributed by atoms with Gasteiger partial charge in [0.05, 0.1) is 11.1 Å². The summed E-state index contributed by atoms with van der Waals surface area (Å²) in [4.78, 5) is 11.9. The zero-order chi connectivity index (χ0) is 17.0. The van der Waals surface area contributed by atoms with Crippen molar-refractivity contribution in [3.63, 3.8) is 0 Å². The maximum Gasteiger partial charge on any atom is 0.265 e. The van der Waals surface area contributed by atoms with Gasteiger partial charge in [0.1, 0.15) is 4.90 Å². The lowest BCUT2D eigenvalue weighted by Crippen LogP contribution is -2.36. The fourth-order valence-corrected chi connectivity index (χ4v) is 3.79. The lowest BCUT2D eigenvalue weighted by atomic mass is 10.2. The minimum absolute atomic E-state index is 0.0613. The molecule has 2 rings (SSSR count). The van der Waals surface area contributed by atoms with Gasteiger partial charge in [-0.25, -0.2) is 18.1 Å². The second-order valence-electron chi connectivity index (χ2n) is 5.47. The molecule has 2 N–H and O–H groups in total. The second-order valence-corrected chi connectivity index (χ2v) is 7.61. The van der Waals surface area contributed by atoms with Crippen molar-refractivity contribution in [1.82, 2.24) is 15.2 Å². The number of amides is 1. The largest absolute Gasteiger partial charge is 0.377 e. The molecule has 7 nitrogen and oxygen atoms in total. The molecule has 0 bridgehead atoms. The molecule has 0 unspecified atom stereocenters. The number of nitrogens with one attached hydrogen (secondary N) is 2. The van der Waals surface area contributed by atoms with E-state index in [0.717, 1.165) is 12.8 Å². The molecule has 1 fully saturated rings. The molecular weight excluding hydrogens is 342 g/mol. The predicted molar refractivity (Wildman–Crippen MR) is 86.8 cm³/mol. The van der Waals surface area contributed by atoms with Crippen LogP contribution in [0.15, 0.2) is 23.1 Å². The van der Waals surface area contributed by atoms with E-state index in [0.29, 0.717) is 6.61 Å². The summed E-state index contributed by atoms with van der Waals surface area (Å²) >= 11 is 5.99. The normalized spacial score (nSPS) is 18.3. The molecule has 0 saturated carbocycles. The third-order valence-corrected chi connectivity index (χ3v) is 5.24. The summed E-state index contributed by atoms with van der Waals surface area (Å²) in [5.74, 6) is -0.415. The minimum Gasteiger partial charge on any atom is -0.377 e. The van der Waals surface area contributed by atoms with Crippen LogP contribution in [-0.2, 0) is 14.8 Å². The number of halogens is 1. The Morgan fingerprint density at radius 1 is 1.43 bits per heavy atom. The molecular formula is C14H20ClN3O4S. The Kier molecular flexibility index (Phi) is 5.99. The van der Waals surface area contributed by atoms with Crippen molar-refractivity contribution in [2.75, 3.05) is 27.2 Å². The SMILES string of the molecule is CN(C)NC(=O)c1ccc(Cl)c(S(=O)(=O)NC[C@H]2CCCO2)c1. The van der Waals surface area contributed by atoms with Gasteiger partial charge in [0.15, 0.2) is 0 Å². The number of rotatable bonds is 6. The Labute approximate surface area is 141 Å². The maximum absolute atomic E-state index is 12.4. The summed E-state index contributed by atoms with van der Waals surface area (Å²) in [6.45, 7) is 0.833.